The van der Waals surface area contributed by atoms with Crippen LogP contribution in [0.4, 0.5) is 17.6 Å². The normalized spacial score (nSPS) is 9.89. The maximum Gasteiger partial charge on any atom is 0.239 e. The number of ether oxygens (including phenoxy) is 1. The SMILES string of the molecule is COCCNC(=O)CNc1cc(NN)nc(N)n1. The van der Waals surface area contributed by atoms with Crippen molar-refractivity contribution in [1.82, 2.24) is 15.3 Å². The highest BCUT2D eigenvalue weighted by Gasteiger charge is 2.04. The molecular weight excluding hydrogens is 238 g/mol. The highest BCUT2D eigenvalue weighted by Crippen LogP contribution is 2.10. The Kier molecular flexibility index (Phi) is 5.61. The lowest BCUT2D eigenvalue weighted by Gasteiger charge is -2.08. The molecule has 0 aliphatic rings. The Labute approximate surface area is 104 Å². The van der Waals surface area contributed by atoms with Crippen molar-refractivity contribution in [2.75, 3.05) is 43.3 Å². The van der Waals surface area contributed by atoms with Gasteiger partial charge in [0.05, 0.1) is 13.2 Å². The predicted molar refractivity (Wildman–Crippen MR) is 67.6 cm³/mol. The van der Waals surface area contributed by atoms with Crippen molar-refractivity contribution in [2.45, 2.75) is 0 Å². The summed E-state index contributed by atoms with van der Waals surface area (Å²) in [6.07, 6.45) is 0. The van der Waals surface area contributed by atoms with Crippen molar-refractivity contribution >= 4 is 23.5 Å². The largest absolute Gasteiger partial charge is 0.383 e. The molecule has 0 radical (unpaired) electrons. The molecule has 9 nitrogen and oxygen atoms in total. The second-order valence-corrected chi connectivity index (χ2v) is 3.34. The number of nitrogens with two attached hydrogens (primary N) is 2. The number of methoxy groups -OCH3 is 1. The number of hydrogen-bond donors (Lipinski definition) is 5. The molecule has 1 heterocycles. The molecule has 0 spiro atoms. The lowest BCUT2D eigenvalue weighted by Crippen LogP contribution is -2.32. The lowest BCUT2D eigenvalue weighted by atomic mass is 10.5. The Balaban J connectivity index is 2.43. The summed E-state index contributed by atoms with van der Waals surface area (Å²) in [6.45, 7) is 0.996. The van der Waals surface area contributed by atoms with E-state index in [0.29, 0.717) is 24.8 Å². The molecule has 1 aromatic rings. The van der Waals surface area contributed by atoms with E-state index in [1.807, 2.05) is 0 Å². The standard InChI is InChI=1S/C9H17N7O2/c1-18-3-2-12-8(17)5-13-6-4-7(16-11)15-9(10)14-6/h4H,2-3,5,11H2,1H3,(H,12,17)(H4,10,13,14,15,16). The zero-order chi connectivity index (χ0) is 13.4. The van der Waals surface area contributed by atoms with E-state index in [2.05, 4.69) is 26.0 Å². The Bertz CT molecular complexity index is 399. The van der Waals surface area contributed by atoms with E-state index >= 15 is 0 Å². The first-order valence-electron chi connectivity index (χ1n) is 5.26. The molecule has 1 rings (SSSR count). The first-order chi connectivity index (χ1) is 8.65. The molecule has 0 saturated carbocycles. The third-order valence-electron chi connectivity index (χ3n) is 1.95. The molecule has 18 heavy (non-hydrogen) atoms. The fourth-order valence-electron chi connectivity index (χ4n) is 1.16. The number of nitrogens with zero attached hydrogens (tertiary/aromatic N) is 2. The van der Waals surface area contributed by atoms with Crippen LogP contribution in [0.1, 0.15) is 0 Å². The Hall–Kier alpha value is -2.13. The van der Waals surface area contributed by atoms with Gasteiger partial charge in [-0.25, -0.2) is 5.84 Å². The van der Waals surface area contributed by atoms with E-state index in [9.17, 15) is 4.79 Å². The van der Waals surface area contributed by atoms with Crippen LogP contribution in [0, 0.1) is 0 Å². The van der Waals surface area contributed by atoms with Gasteiger partial charge in [0.15, 0.2) is 0 Å². The van der Waals surface area contributed by atoms with E-state index in [1.165, 1.54) is 0 Å². The van der Waals surface area contributed by atoms with Crippen molar-refractivity contribution in [3.05, 3.63) is 6.07 Å². The molecule has 9 heteroatoms. The summed E-state index contributed by atoms with van der Waals surface area (Å²) in [5.74, 6) is 5.88. The third-order valence-corrected chi connectivity index (χ3v) is 1.95. The molecule has 0 saturated heterocycles. The molecule has 0 aliphatic carbocycles. The van der Waals surface area contributed by atoms with Crippen LogP contribution in [0.25, 0.3) is 0 Å². The Morgan fingerprint density at radius 3 is 2.83 bits per heavy atom. The van der Waals surface area contributed by atoms with Crippen molar-refractivity contribution in [3.63, 3.8) is 0 Å². The molecule has 0 unspecified atom stereocenters. The second kappa shape index (κ2) is 7.25. The van der Waals surface area contributed by atoms with E-state index in [1.54, 1.807) is 13.2 Å². The van der Waals surface area contributed by atoms with Gasteiger partial charge in [0, 0.05) is 19.7 Å². The molecule has 0 aromatic carbocycles. The van der Waals surface area contributed by atoms with Gasteiger partial charge in [-0.15, -0.1) is 0 Å². The molecule has 0 atom stereocenters. The maximum atomic E-state index is 11.4. The van der Waals surface area contributed by atoms with Crippen molar-refractivity contribution in [2.24, 2.45) is 5.84 Å². The van der Waals surface area contributed by atoms with Crippen LogP contribution in [0.3, 0.4) is 0 Å². The molecule has 1 aromatic heterocycles. The van der Waals surface area contributed by atoms with Crippen LogP contribution in [0.5, 0.6) is 0 Å². The van der Waals surface area contributed by atoms with E-state index < -0.39 is 0 Å². The summed E-state index contributed by atoms with van der Waals surface area (Å²) >= 11 is 0. The van der Waals surface area contributed by atoms with Crippen molar-refractivity contribution < 1.29 is 9.53 Å². The fourth-order valence-corrected chi connectivity index (χ4v) is 1.16. The van der Waals surface area contributed by atoms with E-state index in [0.717, 1.165) is 0 Å². The number of hydrogen-bond acceptors (Lipinski definition) is 8. The zero-order valence-electron chi connectivity index (χ0n) is 10.1. The van der Waals surface area contributed by atoms with Crippen LogP contribution in [0.2, 0.25) is 0 Å². The monoisotopic (exact) mass is 255 g/mol. The average Bonchev–Trinajstić information content (AvgIpc) is 2.36. The number of rotatable bonds is 7. The molecule has 0 bridgehead atoms. The topological polar surface area (TPSA) is 140 Å². The number of nitrogen functional groups attached to an aromatic ring is 2. The summed E-state index contributed by atoms with van der Waals surface area (Å²) in [5.41, 5.74) is 7.81. The van der Waals surface area contributed by atoms with Crippen LogP contribution in [0.15, 0.2) is 6.07 Å². The molecule has 100 valence electrons. The molecule has 7 N–H and O–H groups in total. The number of aromatic nitrogens is 2. The fraction of sp³-hybridized carbons (Fsp3) is 0.444. The Morgan fingerprint density at radius 1 is 1.44 bits per heavy atom. The van der Waals surface area contributed by atoms with Crippen molar-refractivity contribution in [3.8, 4) is 0 Å². The Morgan fingerprint density at radius 2 is 2.17 bits per heavy atom. The zero-order valence-corrected chi connectivity index (χ0v) is 10.1. The van der Waals surface area contributed by atoms with Gasteiger partial charge in [0.2, 0.25) is 11.9 Å². The maximum absolute atomic E-state index is 11.4. The van der Waals surface area contributed by atoms with Gasteiger partial charge >= 0.3 is 0 Å². The quantitative estimate of drug-likeness (QED) is 0.226. The summed E-state index contributed by atoms with van der Waals surface area (Å²) in [5, 5.41) is 5.46. The van der Waals surface area contributed by atoms with Gasteiger partial charge in [0.25, 0.3) is 0 Å². The third kappa shape index (κ3) is 4.80. The number of nitrogens with one attached hydrogen (secondary N) is 3. The number of anilines is 3. The summed E-state index contributed by atoms with van der Waals surface area (Å²) < 4.78 is 4.81. The first-order valence-corrected chi connectivity index (χ1v) is 5.26. The minimum absolute atomic E-state index is 0.0627. The summed E-state index contributed by atoms with van der Waals surface area (Å²) in [7, 11) is 1.56. The number of carbonyl (C=O) groups excluding carboxylic acids is 1. The average molecular weight is 255 g/mol. The van der Waals surface area contributed by atoms with Gasteiger partial charge in [-0.1, -0.05) is 0 Å². The van der Waals surface area contributed by atoms with Crippen LogP contribution in [-0.4, -0.2) is 42.7 Å². The summed E-state index contributed by atoms with van der Waals surface area (Å²) in [4.78, 5) is 19.1. The number of hydrazine groups is 1. The van der Waals surface area contributed by atoms with Gasteiger partial charge in [-0.3, -0.25) is 4.79 Å². The van der Waals surface area contributed by atoms with E-state index in [-0.39, 0.29) is 18.4 Å². The molecule has 0 aliphatic heterocycles. The highest BCUT2D eigenvalue weighted by atomic mass is 16.5. The van der Waals surface area contributed by atoms with Gasteiger partial charge in [0.1, 0.15) is 11.6 Å². The van der Waals surface area contributed by atoms with Gasteiger partial charge < -0.3 is 26.5 Å². The van der Waals surface area contributed by atoms with Crippen LogP contribution < -0.4 is 27.6 Å². The molecule has 1 amide bonds. The highest BCUT2D eigenvalue weighted by molar-refractivity contribution is 5.80. The number of amides is 1. The van der Waals surface area contributed by atoms with Gasteiger partial charge in [-0.05, 0) is 0 Å². The first kappa shape index (κ1) is 13.9. The second-order valence-electron chi connectivity index (χ2n) is 3.34. The van der Waals surface area contributed by atoms with Gasteiger partial charge in [-0.2, -0.15) is 9.97 Å². The lowest BCUT2D eigenvalue weighted by molar-refractivity contribution is -0.119. The van der Waals surface area contributed by atoms with Crippen LogP contribution >= 0.6 is 0 Å². The minimum Gasteiger partial charge on any atom is -0.383 e. The number of carbonyl (C=O) groups is 1. The minimum atomic E-state index is -0.175. The molecular formula is C9H17N7O2. The van der Waals surface area contributed by atoms with Crippen LogP contribution in [-0.2, 0) is 9.53 Å². The predicted octanol–water partition coefficient (Wildman–Crippen LogP) is -1.48. The molecule has 0 fully saturated rings. The van der Waals surface area contributed by atoms with E-state index in [4.69, 9.17) is 16.3 Å². The smallest absolute Gasteiger partial charge is 0.239 e. The van der Waals surface area contributed by atoms with Crippen molar-refractivity contribution in [1.29, 1.82) is 0 Å². The summed E-state index contributed by atoms with van der Waals surface area (Å²) in [6, 6.07) is 1.54.